The summed E-state index contributed by atoms with van der Waals surface area (Å²) in [6.07, 6.45) is -3.82. The maximum absolute atomic E-state index is 13.6. The fourth-order valence-electron chi connectivity index (χ4n) is 2.60. The molecule has 1 aromatic carbocycles. The molecule has 0 bridgehead atoms. The van der Waals surface area contributed by atoms with E-state index in [0.29, 0.717) is 5.56 Å². The number of hydrogen-bond acceptors (Lipinski definition) is 4. The second-order valence-electron chi connectivity index (χ2n) is 5.72. The van der Waals surface area contributed by atoms with Crippen LogP contribution in [0.2, 0.25) is 10.0 Å². The van der Waals surface area contributed by atoms with Gasteiger partial charge < -0.3 is 9.72 Å². The molecule has 0 aliphatic rings. The average Bonchev–Trinajstić information content (AvgIpc) is 2.65. The van der Waals surface area contributed by atoms with E-state index in [1.807, 2.05) is 0 Å². The van der Waals surface area contributed by atoms with Crippen LogP contribution in [-0.2, 0) is 12.6 Å². The van der Waals surface area contributed by atoms with Crippen LogP contribution in [0.3, 0.4) is 0 Å². The van der Waals surface area contributed by atoms with Crippen molar-refractivity contribution in [1.82, 2.24) is 15.0 Å². The van der Waals surface area contributed by atoms with Crippen molar-refractivity contribution in [2.45, 2.75) is 12.6 Å². The molecule has 0 saturated heterocycles. The molecular formula is C18H12Cl2F3N3O2. The van der Waals surface area contributed by atoms with Gasteiger partial charge in [-0.3, -0.25) is 4.79 Å². The number of methoxy groups -OCH3 is 1. The Bertz CT molecular complexity index is 1080. The largest absolute Gasteiger partial charge is 0.494 e. The zero-order chi connectivity index (χ0) is 20.5. The second kappa shape index (κ2) is 7.81. The minimum atomic E-state index is -4.85. The first-order valence-electron chi connectivity index (χ1n) is 7.84. The van der Waals surface area contributed by atoms with Crippen molar-refractivity contribution in [3.05, 3.63) is 73.7 Å². The molecule has 0 aliphatic heterocycles. The highest BCUT2D eigenvalue weighted by Gasteiger charge is 2.37. The summed E-state index contributed by atoms with van der Waals surface area (Å²) in [5.74, 6) is -0.163. The zero-order valence-electron chi connectivity index (χ0n) is 14.3. The number of ether oxygens (including phenoxy) is 1. The first kappa shape index (κ1) is 20.2. The third-order valence-electron chi connectivity index (χ3n) is 3.86. The van der Waals surface area contributed by atoms with Crippen molar-refractivity contribution < 1.29 is 17.9 Å². The summed E-state index contributed by atoms with van der Waals surface area (Å²) in [5, 5.41) is 0.429. The fraction of sp³-hybridized carbons (Fsp3) is 0.167. The normalized spacial score (nSPS) is 11.5. The minimum Gasteiger partial charge on any atom is -0.494 e. The van der Waals surface area contributed by atoms with Crippen molar-refractivity contribution in [3.63, 3.8) is 0 Å². The number of nitrogens with one attached hydrogen (secondary N) is 1. The van der Waals surface area contributed by atoms with Gasteiger partial charge in [-0.2, -0.15) is 13.2 Å². The Morgan fingerprint density at radius 2 is 1.93 bits per heavy atom. The summed E-state index contributed by atoms with van der Waals surface area (Å²) in [5.41, 5.74) is -2.39. The van der Waals surface area contributed by atoms with Gasteiger partial charge >= 0.3 is 6.18 Å². The Morgan fingerprint density at radius 1 is 1.18 bits per heavy atom. The molecule has 0 atom stereocenters. The van der Waals surface area contributed by atoms with Gasteiger partial charge in [0.2, 0.25) is 0 Å². The highest BCUT2D eigenvalue weighted by molar-refractivity contribution is 6.42. The molecule has 2 heterocycles. The van der Waals surface area contributed by atoms with Gasteiger partial charge in [-0.1, -0.05) is 29.3 Å². The zero-order valence-corrected chi connectivity index (χ0v) is 15.8. The van der Waals surface area contributed by atoms with Gasteiger partial charge in [0.05, 0.1) is 22.7 Å². The molecule has 2 aromatic heterocycles. The Morgan fingerprint density at radius 3 is 2.57 bits per heavy atom. The fourth-order valence-corrected chi connectivity index (χ4v) is 2.92. The van der Waals surface area contributed by atoms with Crippen LogP contribution in [0.5, 0.6) is 5.75 Å². The van der Waals surface area contributed by atoms with Gasteiger partial charge in [-0.25, -0.2) is 9.97 Å². The van der Waals surface area contributed by atoms with E-state index in [9.17, 15) is 18.0 Å². The van der Waals surface area contributed by atoms with Crippen LogP contribution in [0.25, 0.3) is 11.5 Å². The molecule has 10 heteroatoms. The molecule has 0 aliphatic carbocycles. The van der Waals surface area contributed by atoms with E-state index >= 15 is 0 Å². The highest BCUT2D eigenvalue weighted by atomic mass is 35.5. The molecular weight excluding hydrogens is 418 g/mol. The number of pyridine rings is 1. The van der Waals surface area contributed by atoms with E-state index < -0.39 is 23.0 Å². The van der Waals surface area contributed by atoms with Gasteiger partial charge in [0.1, 0.15) is 11.4 Å². The van der Waals surface area contributed by atoms with E-state index in [1.165, 1.54) is 37.6 Å². The quantitative estimate of drug-likeness (QED) is 0.649. The number of hydrogen-bond donors (Lipinski definition) is 1. The van der Waals surface area contributed by atoms with Crippen molar-refractivity contribution in [1.29, 1.82) is 0 Å². The SMILES string of the molecule is COc1cccnc1-c1nc(C(F)(F)F)c(Cc2ccc(Cl)c(Cl)c2)c(=O)[nH]1. The van der Waals surface area contributed by atoms with Crippen LogP contribution in [0.15, 0.2) is 41.3 Å². The molecule has 5 nitrogen and oxygen atoms in total. The Balaban J connectivity index is 2.16. The molecule has 146 valence electrons. The Kier molecular flexibility index (Phi) is 5.62. The van der Waals surface area contributed by atoms with E-state index in [2.05, 4.69) is 15.0 Å². The number of rotatable bonds is 4. The first-order valence-corrected chi connectivity index (χ1v) is 8.60. The molecule has 0 amide bonds. The predicted molar refractivity (Wildman–Crippen MR) is 98.9 cm³/mol. The maximum Gasteiger partial charge on any atom is 0.433 e. The van der Waals surface area contributed by atoms with Crippen molar-refractivity contribution in [3.8, 4) is 17.3 Å². The van der Waals surface area contributed by atoms with E-state index in [0.717, 1.165) is 0 Å². The molecule has 3 aromatic rings. The van der Waals surface area contributed by atoms with E-state index in [-0.39, 0.29) is 33.7 Å². The number of nitrogens with zero attached hydrogens (tertiary/aromatic N) is 2. The van der Waals surface area contributed by atoms with Crippen LogP contribution in [0.4, 0.5) is 13.2 Å². The van der Waals surface area contributed by atoms with Gasteiger partial charge in [-0.05, 0) is 29.8 Å². The number of alkyl halides is 3. The molecule has 0 spiro atoms. The van der Waals surface area contributed by atoms with E-state index in [1.54, 1.807) is 6.07 Å². The van der Waals surface area contributed by atoms with Crippen molar-refractivity contribution in [2.24, 2.45) is 0 Å². The van der Waals surface area contributed by atoms with Gasteiger partial charge in [0.15, 0.2) is 11.5 Å². The third-order valence-corrected chi connectivity index (χ3v) is 4.60. The lowest BCUT2D eigenvalue weighted by Crippen LogP contribution is -2.24. The van der Waals surface area contributed by atoms with Crippen LogP contribution in [-0.4, -0.2) is 22.1 Å². The number of benzene rings is 1. The summed E-state index contributed by atoms with van der Waals surface area (Å²) in [6, 6.07) is 7.38. The Labute approximate surface area is 167 Å². The monoisotopic (exact) mass is 429 g/mol. The van der Waals surface area contributed by atoms with Gasteiger partial charge in [-0.15, -0.1) is 0 Å². The third kappa shape index (κ3) is 4.13. The van der Waals surface area contributed by atoms with Crippen LogP contribution in [0, 0.1) is 0 Å². The average molecular weight is 430 g/mol. The summed E-state index contributed by atoms with van der Waals surface area (Å²) in [4.78, 5) is 22.5. The Hall–Kier alpha value is -2.58. The molecule has 0 saturated carbocycles. The van der Waals surface area contributed by atoms with Crippen LogP contribution < -0.4 is 10.3 Å². The summed E-state index contributed by atoms with van der Waals surface area (Å²) in [7, 11) is 1.34. The molecule has 0 radical (unpaired) electrons. The lowest BCUT2D eigenvalue weighted by molar-refractivity contribution is -0.141. The molecule has 1 N–H and O–H groups in total. The van der Waals surface area contributed by atoms with Gasteiger partial charge in [0.25, 0.3) is 5.56 Å². The topological polar surface area (TPSA) is 67.9 Å². The smallest absolute Gasteiger partial charge is 0.433 e. The summed E-state index contributed by atoms with van der Waals surface area (Å²) in [6.45, 7) is 0. The van der Waals surface area contributed by atoms with Crippen LogP contribution in [0.1, 0.15) is 16.8 Å². The molecule has 0 fully saturated rings. The highest BCUT2D eigenvalue weighted by Crippen LogP contribution is 2.33. The standard InChI is InChI=1S/C18H12Cl2F3N3O2/c1-28-13-3-2-6-24-14(13)16-25-15(18(21,22)23)10(17(27)26-16)7-9-4-5-11(19)12(20)8-9/h2-6,8H,7H2,1H3,(H,25,26,27). The lowest BCUT2D eigenvalue weighted by Gasteiger charge is -2.14. The maximum atomic E-state index is 13.6. The summed E-state index contributed by atoms with van der Waals surface area (Å²) < 4.78 is 46.0. The minimum absolute atomic E-state index is 0.00585. The molecule has 28 heavy (non-hydrogen) atoms. The number of halogens is 5. The first-order chi connectivity index (χ1) is 13.2. The summed E-state index contributed by atoms with van der Waals surface area (Å²) >= 11 is 11.7. The van der Waals surface area contributed by atoms with Crippen molar-refractivity contribution in [2.75, 3.05) is 7.11 Å². The van der Waals surface area contributed by atoms with E-state index in [4.69, 9.17) is 27.9 Å². The second-order valence-corrected chi connectivity index (χ2v) is 6.53. The molecule has 3 rings (SSSR count). The lowest BCUT2D eigenvalue weighted by atomic mass is 10.0. The predicted octanol–water partition coefficient (Wildman–Crippen LogP) is 4.76. The van der Waals surface area contributed by atoms with Crippen molar-refractivity contribution >= 4 is 23.2 Å². The molecule has 0 unspecified atom stereocenters. The van der Waals surface area contributed by atoms with Gasteiger partial charge in [0, 0.05) is 12.6 Å². The number of aromatic nitrogens is 3. The van der Waals surface area contributed by atoms with Crippen LogP contribution >= 0.6 is 23.2 Å². The number of aromatic amines is 1. The number of H-pyrrole nitrogens is 1.